The number of carbonyl (C=O) groups is 1. The minimum atomic E-state index is -0.482. The predicted octanol–water partition coefficient (Wildman–Crippen LogP) is 3.68. The van der Waals surface area contributed by atoms with E-state index < -0.39 is 5.41 Å². The van der Waals surface area contributed by atoms with E-state index in [0.717, 1.165) is 31.2 Å². The van der Waals surface area contributed by atoms with Gasteiger partial charge in [0.2, 0.25) is 5.91 Å². The number of hydrogen-bond acceptors (Lipinski definition) is 3. The summed E-state index contributed by atoms with van der Waals surface area (Å²) < 4.78 is 0. The van der Waals surface area contributed by atoms with Crippen molar-refractivity contribution in [2.75, 3.05) is 5.32 Å². The Kier molecular flexibility index (Phi) is 4.07. The van der Waals surface area contributed by atoms with Crippen molar-refractivity contribution in [1.29, 1.82) is 0 Å². The number of anilines is 1. The first-order valence-corrected chi connectivity index (χ1v) is 8.95. The lowest BCUT2D eigenvalue weighted by atomic mass is 9.77. The quantitative estimate of drug-likeness (QED) is 0.759. The molecule has 0 spiro atoms. The zero-order valence-electron chi connectivity index (χ0n) is 14.7. The Balaban J connectivity index is 1.67. The topological polar surface area (TPSA) is 74.8 Å². The van der Waals surface area contributed by atoms with Gasteiger partial charge in [-0.3, -0.25) is 9.59 Å². The van der Waals surface area contributed by atoms with Crippen LogP contribution in [0.2, 0.25) is 0 Å². The maximum Gasteiger partial charge on any atom is 0.258 e. The van der Waals surface area contributed by atoms with Crippen LogP contribution in [0, 0.1) is 6.92 Å². The summed E-state index contributed by atoms with van der Waals surface area (Å²) in [6.45, 7) is 2.05. The first kappa shape index (κ1) is 16.5. The molecule has 0 radical (unpaired) electrons. The molecule has 5 nitrogen and oxygen atoms in total. The van der Waals surface area contributed by atoms with E-state index in [1.807, 2.05) is 0 Å². The molecule has 0 atom stereocenters. The van der Waals surface area contributed by atoms with E-state index in [4.69, 9.17) is 0 Å². The molecular weight excluding hydrogens is 326 g/mol. The molecule has 1 aliphatic carbocycles. The average molecular weight is 347 g/mol. The molecule has 1 aromatic heterocycles. The number of aryl methyl sites for hydroxylation is 1. The number of H-pyrrole nitrogens is 1. The van der Waals surface area contributed by atoms with Gasteiger partial charge in [-0.15, -0.1) is 0 Å². The lowest BCUT2D eigenvalue weighted by Gasteiger charge is -2.28. The average Bonchev–Trinajstić information content (AvgIpc) is 3.13. The van der Waals surface area contributed by atoms with Crippen LogP contribution in [0.3, 0.4) is 0 Å². The van der Waals surface area contributed by atoms with Crippen LogP contribution < -0.4 is 10.9 Å². The Hall–Kier alpha value is -2.95. The lowest BCUT2D eigenvalue weighted by molar-refractivity contribution is -0.121. The number of rotatable bonds is 3. The number of fused-ring (bicyclic) bond motifs is 1. The summed E-state index contributed by atoms with van der Waals surface area (Å²) in [6, 6.07) is 13.5. The van der Waals surface area contributed by atoms with Crippen molar-refractivity contribution in [2.24, 2.45) is 0 Å². The van der Waals surface area contributed by atoms with Gasteiger partial charge in [-0.1, -0.05) is 42.7 Å². The van der Waals surface area contributed by atoms with Gasteiger partial charge in [-0.2, -0.15) is 0 Å². The molecule has 0 saturated heterocycles. The van der Waals surface area contributed by atoms with Gasteiger partial charge in [-0.25, -0.2) is 4.98 Å². The Morgan fingerprint density at radius 2 is 1.85 bits per heavy atom. The van der Waals surface area contributed by atoms with E-state index in [1.54, 1.807) is 18.2 Å². The molecule has 0 bridgehead atoms. The molecule has 26 heavy (non-hydrogen) atoms. The molecular formula is C21H21N3O2. The Bertz CT molecular complexity index is 1020. The van der Waals surface area contributed by atoms with E-state index in [-0.39, 0.29) is 11.5 Å². The minimum absolute atomic E-state index is 0.0167. The van der Waals surface area contributed by atoms with Crippen molar-refractivity contribution in [3.05, 3.63) is 70.3 Å². The van der Waals surface area contributed by atoms with Gasteiger partial charge in [0.15, 0.2) is 0 Å². The fourth-order valence-electron chi connectivity index (χ4n) is 3.90. The van der Waals surface area contributed by atoms with Crippen molar-refractivity contribution in [3.8, 4) is 0 Å². The van der Waals surface area contributed by atoms with Crippen LogP contribution in [0.15, 0.2) is 53.6 Å². The standard InChI is InChI=1S/C21H21N3O2/c1-14-4-6-15(7-5-14)21(10-2-3-11-21)20(26)24-16-8-9-17-18(12-16)22-13-23-19(17)25/h4-9,12-13H,2-3,10-11H2,1H3,(H,24,26)(H,22,23,25). The summed E-state index contributed by atoms with van der Waals surface area (Å²) in [6.07, 6.45) is 5.19. The lowest BCUT2D eigenvalue weighted by Crippen LogP contribution is -2.38. The molecule has 1 saturated carbocycles. The van der Waals surface area contributed by atoms with Gasteiger partial charge >= 0.3 is 0 Å². The number of amides is 1. The third-order valence-electron chi connectivity index (χ3n) is 5.40. The number of nitrogens with one attached hydrogen (secondary N) is 2. The van der Waals surface area contributed by atoms with Crippen LogP contribution in [0.4, 0.5) is 5.69 Å². The molecule has 1 fully saturated rings. The molecule has 2 aromatic carbocycles. The predicted molar refractivity (Wildman–Crippen MR) is 102 cm³/mol. The smallest absolute Gasteiger partial charge is 0.258 e. The molecule has 2 N–H and O–H groups in total. The van der Waals surface area contributed by atoms with Gasteiger partial charge in [0.1, 0.15) is 0 Å². The third-order valence-corrected chi connectivity index (χ3v) is 5.40. The highest BCUT2D eigenvalue weighted by molar-refractivity contribution is 6.00. The molecule has 1 amide bonds. The van der Waals surface area contributed by atoms with Gasteiger partial charge < -0.3 is 10.3 Å². The zero-order valence-corrected chi connectivity index (χ0v) is 14.7. The maximum atomic E-state index is 13.2. The van der Waals surface area contributed by atoms with Crippen molar-refractivity contribution < 1.29 is 4.79 Å². The van der Waals surface area contributed by atoms with Gasteiger partial charge in [0.25, 0.3) is 5.56 Å². The fourth-order valence-corrected chi connectivity index (χ4v) is 3.90. The van der Waals surface area contributed by atoms with Gasteiger partial charge in [0.05, 0.1) is 22.6 Å². The van der Waals surface area contributed by atoms with Gasteiger partial charge in [0, 0.05) is 5.69 Å². The van der Waals surface area contributed by atoms with Crippen molar-refractivity contribution in [1.82, 2.24) is 9.97 Å². The minimum Gasteiger partial charge on any atom is -0.325 e. The monoisotopic (exact) mass is 347 g/mol. The molecule has 0 unspecified atom stereocenters. The van der Waals surface area contributed by atoms with Crippen LogP contribution in [-0.2, 0) is 10.2 Å². The summed E-state index contributed by atoms with van der Waals surface area (Å²) in [4.78, 5) is 31.8. The molecule has 1 aliphatic rings. The number of hydrogen-bond donors (Lipinski definition) is 2. The number of aromatic nitrogens is 2. The highest BCUT2D eigenvalue weighted by Gasteiger charge is 2.42. The second-order valence-electron chi connectivity index (χ2n) is 7.07. The number of carbonyl (C=O) groups excluding carboxylic acids is 1. The van der Waals surface area contributed by atoms with E-state index in [1.165, 1.54) is 11.9 Å². The van der Waals surface area contributed by atoms with Crippen LogP contribution in [0.1, 0.15) is 36.8 Å². The first-order valence-electron chi connectivity index (χ1n) is 8.95. The SMILES string of the molecule is Cc1ccc(C2(C(=O)Nc3ccc4c(=O)[nH]cnc4c3)CCCC2)cc1. The molecule has 3 aromatic rings. The van der Waals surface area contributed by atoms with Crippen molar-refractivity contribution >= 4 is 22.5 Å². The summed E-state index contributed by atoms with van der Waals surface area (Å²) in [7, 11) is 0. The molecule has 132 valence electrons. The highest BCUT2D eigenvalue weighted by atomic mass is 16.2. The van der Waals surface area contributed by atoms with Crippen LogP contribution in [0.25, 0.3) is 10.9 Å². The van der Waals surface area contributed by atoms with Crippen LogP contribution in [-0.4, -0.2) is 15.9 Å². The van der Waals surface area contributed by atoms with Gasteiger partial charge in [-0.05, 0) is 43.5 Å². The Labute approximate surface area is 151 Å². The summed E-state index contributed by atoms with van der Waals surface area (Å²) in [5.74, 6) is 0.0167. The van der Waals surface area contributed by atoms with E-state index >= 15 is 0 Å². The first-order chi connectivity index (χ1) is 12.6. The highest BCUT2D eigenvalue weighted by Crippen LogP contribution is 2.42. The summed E-state index contributed by atoms with van der Waals surface area (Å²) in [5.41, 5.74) is 2.84. The Morgan fingerprint density at radius 3 is 2.58 bits per heavy atom. The van der Waals surface area contributed by atoms with Crippen LogP contribution in [0.5, 0.6) is 0 Å². The number of benzene rings is 2. The van der Waals surface area contributed by atoms with Crippen molar-refractivity contribution in [3.63, 3.8) is 0 Å². The second-order valence-corrected chi connectivity index (χ2v) is 7.07. The summed E-state index contributed by atoms with van der Waals surface area (Å²) >= 11 is 0. The molecule has 5 heteroatoms. The van der Waals surface area contributed by atoms with Crippen molar-refractivity contribution in [2.45, 2.75) is 38.0 Å². The molecule has 1 heterocycles. The van der Waals surface area contributed by atoms with E-state index in [2.05, 4.69) is 46.5 Å². The largest absolute Gasteiger partial charge is 0.325 e. The van der Waals surface area contributed by atoms with E-state index in [0.29, 0.717) is 16.6 Å². The van der Waals surface area contributed by atoms with E-state index in [9.17, 15) is 9.59 Å². The second kappa shape index (κ2) is 6.41. The third kappa shape index (κ3) is 2.79. The fraction of sp³-hybridized carbons (Fsp3) is 0.286. The number of aromatic amines is 1. The maximum absolute atomic E-state index is 13.2. The Morgan fingerprint density at radius 1 is 1.12 bits per heavy atom. The normalized spacial score (nSPS) is 15.9. The number of nitrogens with zero attached hydrogens (tertiary/aromatic N) is 1. The molecule has 0 aliphatic heterocycles. The summed E-state index contributed by atoms with van der Waals surface area (Å²) in [5, 5.41) is 3.57. The zero-order chi connectivity index (χ0) is 18.1. The van der Waals surface area contributed by atoms with Crippen LogP contribution >= 0.6 is 0 Å². The molecule has 4 rings (SSSR count).